The van der Waals surface area contributed by atoms with Gasteiger partial charge in [-0.15, -0.1) is 0 Å². The number of rotatable bonds is 3. The molecule has 1 aromatic carbocycles. The maximum Gasteiger partial charge on any atom is 0.182 e. The lowest BCUT2D eigenvalue weighted by atomic mass is 10.1. The number of halogens is 1. The molecular formula is C11H10FN3O2. The molecule has 0 amide bonds. The molecule has 0 aliphatic rings. The number of carbonyl (C=O) groups is 1. The quantitative estimate of drug-likeness (QED) is 0.824. The van der Waals surface area contributed by atoms with Gasteiger partial charge in [0.2, 0.25) is 0 Å². The van der Waals surface area contributed by atoms with Crippen molar-refractivity contribution in [1.82, 2.24) is 15.4 Å². The first-order chi connectivity index (χ1) is 8.15. The van der Waals surface area contributed by atoms with Crippen molar-refractivity contribution in [3.05, 3.63) is 29.7 Å². The second-order valence-electron chi connectivity index (χ2n) is 3.40. The number of aromatic amines is 1. The first-order valence-electron chi connectivity index (χ1n) is 4.89. The minimum absolute atomic E-state index is 0.0453. The van der Waals surface area contributed by atoms with Gasteiger partial charge in [-0.05, 0) is 12.1 Å². The lowest BCUT2D eigenvalue weighted by Crippen LogP contribution is -1.98. The molecule has 0 spiro atoms. The molecule has 5 nitrogen and oxygen atoms in total. The number of aromatic nitrogens is 3. The van der Waals surface area contributed by atoms with Crippen LogP contribution in [0.5, 0.6) is 5.75 Å². The Morgan fingerprint density at radius 2 is 2.18 bits per heavy atom. The number of nitrogens with one attached hydrogen (secondary N) is 1. The van der Waals surface area contributed by atoms with Crippen molar-refractivity contribution in [3.63, 3.8) is 0 Å². The molecular weight excluding hydrogens is 225 g/mol. The Labute approximate surface area is 96.6 Å². The van der Waals surface area contributed by atoms with Crippen LogP contribution < -0.4 is 4.74 Å². The molecule has 0 aliphatic heterocycles. The van der Waals surface area contributed by atoms with Gasteiger partial charge in [0.15, 0.2) is 23.0 Å². The Morgan fingerprint density at radius 3 is 2.82 bits per heavy atom. The van der Waals surface area contributed by atoms with E-state index in [-0.39, 0.29) is 22.9 Å². The third-order valence-corrected chi connectivity index (χ3v) is 2.31. The van der Waals surface area contributed by atoms with E-state index in [0.29, 0.717) is 5.56 Å². The molecule has 6 heteroatoms. The van der Waals surface area contributed by atoms with E-state index in [1.54, 1.807) is 6.07 Å². The van der Waals surface area contributed by atoms with E-state index >= 15 is 0 Å². The van der Waals surface area contributed by atoms with Gasteiger partial charge >= 0.3 is 0 Å². The standard InChI is InChI=1S/C11H10FN3O2/c1-6(16)9-10(14-15-13-9)7-4-3-5-8(12)11(7)17-2/h3-5H,1-2H3,(H,13,14,15). The van der Waals surface area contributed by atoms with Crippen LogP contribution in [0.3, 0.4) is 0 Å². The van der Waals surface area contributed by atoms with Crippen molar-refractivity contribution in [2.75, 3.05) is 7.11 Å². The van der Waals surface area contributed by atoms with E-state index in [9.17, 15) is 9.18 Å². The minimum Gasteiger partial charge on any atom is -0.493 e. The number of hydrogen-bond donors (Lipinski definition) is 1. The highest BCUT2D eigenvalue weighted by Gasteiger charge is 2.19. The number of H-pyrrole nitrogens is 1. The van der Waals surface area contributed by atoms with Crippen molar-refractivity contribution in [1.29, 1.82) is 0 Å². The van der Waals surface area contributed by atoms with Crippen LogP contribution in [0.15, 0.2) is 18.2 Å². The predicted octanol–water partition coefficient (Wildman–Crippen LogP) is 1.82. The van der Waals surface area contributed by atoms with E-state index < -0.39 is 5.82 Å². The van der Waals surface area contributed by atoms with Crippen LogP contribution in [0.2, 0.25) is 0 Å². The van der Waals surface area contributed by atoms with Crippen molar-refractivity contribution in [3.8, 4) is 17.0 Å². The highest BCUT2D eigenvalue weighted by atomic mass is 19.1. The number of para-hydroxylation sites is 1. The number of methoxy groups -OCH3 is 1. The number of nitrogens with zero attached hydrogens (tertiary/aromatic N) is 2. The third kappa shape index (κ3) is 1.89. The van der Waals surface area contributed by atoms with Crippen molar-refractivity contribution >= 4 is 5.78 Å². The lowest BCUT2D eigenvalue weighted by Gasteiger charge is -2.07. The summed E-state index contributed by atoms with van der Waals surface area (Å²) in [5.41, 5.74) is 0.842. The first kappa shape index (κ1) is 11.3. The number of ether oxygens (including phenoxy) is 1. The Hall–Kier alpha value is -2.24. The summed E-state index contributed by atoms with van der Waals surface area (Å²) >= 11 is 0. The normalized spacial score (nSPS) is 10.3. The largest absolute Gasteiger partial charge is 0.493 e. The molecule has 2 aromatic rings. The molecule has 0 fully saturated rings. The molecule has 0 saturated carbocycles. The van der Waals surface area contributed by atoms with E-state index in [1.807, 2.05) is 0 Å². The van der Waals surface area contributed by atoms with Crippen LogP contribution in [0.1, 0.15) is 17.4 Å². The number of Topliss-reactive ketones (excluding diaryl/α,β-unsaturated/α-hetero) is 1. The molecule has 0 saturated heterocycles. The van der Waals surface area contributed by atoms with Gasteiger partial charge in [0.25, 0.3) is 0 Å². The lowest BCUT2D eigenvalue weighted by molar-refractivity contribution is 0.101. The Bertz CT molecular complexity index is 566. The molecule has 0 unspecified atom stereocenters. The monoisotopic (exact) mass is 235 g/mol. The molecule has 2 rings (SSSR count). The average molecular weight is 235 g/mol. The van der Waals surface area contributed by atoms with E-state index in [4.69, 9.17) is 4.74 Å². The molecule has 0 aliphatic carbocycles. The van der Waals surface area contributed by atoms with Gasteiger partial charge < -0.3 is 4.74 Å². The van der Waals surface area contributed by atoms with Crippen LogP contribution in [-0.2, 0) is 0 Å². The van der Waals surface area contributed by atoms with Crippen LogP contribution in [0.4, 0.5) is 4.39 Å². The van der Waals surface area contributed by atoms with Gasteiger partial charge in [-0.1, -0.05) is 6.07 Å². The minimum atomic E-state index is -0.512. The van der Waals surface area contributed by atoms with Gasteiger partial charge in [-0.25, -0.2) is 4.39 Å². The zero-order valence-electron chi connectivity index (χ0n) is 9.32. The number of hydrogen-bond acceptors (Lipinski definition) is 4. The molecule has 17 heavy (non-hydrogen) atoms. The van der Waals surface area contributed by atoms with E-state index in [1.165, 1.54) is 26.2 Å². The van der Waals surface area contributed by atoms with Gasteiger partial charge in [0, 0.05) is 12.5 Å². The zero-order chi connectivity index (χ0) is 12.4. The van der Waals surface area contributed by atoms with Crippen LogP contribution >= 0.6 is 0 Å². The van der Waals surface area contributed by atoms with E-state index in [2.05, 4.69) is 15.4 Å². The second kappa shape index (κ2) is 4.32. The molecule has 0 atom stereocenters. The summed E-state index contributed by atoms with van der Waals surface area (Å²) in [6, 6.07) is 4.41. The summed E-state index contributed by atoms with van der Waals surface area (Å²) in [4.78, 5) is 11.3. The Morgan fingerprint density at radius 1 is 1.41 bits per heavy atom. The number of benzene rings is 1. The van der Waals surface area contributed by atoms with Gasteiger partial charge in [0.1, 0.15) is 5.69 Å². The van der Waals surface area contributed by atoms with Crippen molar-refractivity contribution in [2.45, 2.75) is 6.92 Å². The van der Waals surface area contributed by atoms with Crippen LogP contribution in [0, 0.1) is 5.82 Å². The molecule has 1 aromatic heterocycles. The van der Waals surface area contributed by atoms with Gasteiger partial charge in [-0.2, -0.15) is 15.4 Å². The Balaban J connectivity index is 2.64. The fraction of sp³-hybridized carbons (Fsp3) is 0.182. The summed E-state index contributed by atoms with van der Waals surface area (Å²) in [7, 11) is 1.36. The fourth-order valence-corrected chi connectivity index (χ4v) is 1.57. The number of ketones is 1. The van der Waals surface area contributed by atoms with Gasteiger partial charge in [-0.3, -0.25) is 4.79 Å². The topological polar surface area (TPSA) is 67.9 Å². The highest BCUT2D eigenvalue weighted by molar-refractivity contribution is 5.98. The Kier molecular flexibility index (Phi) is 2.86. The summed E-state index contributed by atoms with van der Waals surface area (Å²) in [6.07, 6.45) is 0. The third-order valence-electron chi connectivity index (χ3n) is 2.31. The fourth-order valence-electron chi connectivity index (χ4n) is 1.57. The summed E-state index contributed by atoms with van der Waals surface area (Å²) < 4.78 is 18.5. The first-order valence-corrected chi connectivity index (χ1v) is 4.89. The van der Waals surface area contributed by atoms with Crippen LogP contribution in [-0.4, -0.2) is 28.3 Å². The summed E-state index contributed by atoms with van der Waals surface area (Å²) in [6.45, 7) is 1.37. The maximum absolute atomic E-state index is 13.5. The number of carbonyl (C=O) groups excluding carboxylic acids is 1. The SMILES string of the molecule is COc1c(F)cccc1-c1n[nH]nc1C(C)=O. The molecule has 0 bridgehead atoms. The van der Waals surface area contributed by atoms with Gasteiger partial charge in [0.05, 0.1) is 7.11 Å². The average Bonchev–Trinajstić information content (AvgIpc) is 2.77. The van der Waals surface area contributed by atoms with Crippen LogP contribution in [0.25, 0.3) is 11.3 Å². The highest BCUT2D eigenvalue weighted by Crippen LogP contribution is 2.32. The van der Waals surface area contributed by atoms with Crippen molar-refractivity contribution < 1.29 is 13.9 Å². The predicted molar refractivity (Wildman–Crippen MR) is 58.3 cm³/mol. The smallest absolute Gasteiger partial charge is 0.182 e. The second-order valence-corrected chi connectivity index (χ2v) is 3.40. The molecule has 0 radical (unpaired) electrons. The van der Waals surface area contributed by atoms with E-state index in [0.717, 1.165) is 0 Å². The van der Waals surface area contributed by atoms with Crippen molar-refractivity contribution in [2.24, 2.45) is 0 Å². The zero-order valence-corrected chi connectivity index (χ0v) is 9.32. The summed E-state index contributed by atoms with van der Waals surface area (Å²) in [5.74, 6) is -0.716. The molecule has 88 valence electrons. The maximum atomic E-state index is 13.5. The molecule has 1 heterocycles. The summed E-state index contributed by atoms with van der Waals surface area (Å²) in [5, 5.41) is 9.94. The molecule has 1 N–H and O–H groups in total.